The summed E-state index contributed by atoms with van der Waals surface area (Å²) in [6.07, 6.45) is 0. The molecule has 0 aliphatic carbocycles. The highest BCUT2D eigenvalue weighted by Gasteiger charge is 2.09. The molecule has 17 heavy (non-hydrogen) atoms. The molecule has 88 valence electrons. The molecule has 0 heterocycles. The molecule has 2 aromatic rings. The molecule has 0 amide bonds. The molecule has 0 radical (unpaired) electrons. The van der Waals surface area contributed by atoms with Gasteiger partial charge in [0.05, 0.1) is 7.11 Å². The van der Waals surface area contributed by atoms with E-state index in [2.05, 4.69) is 19.1 Å². The van der Waals surface area contributed by atoms with Gasteiger partial charge in [-0.3, -0.25) is 0 Å². The van der Waals surface area contributed by atoms with Crippen molar-refractivity contribution in [3.63, 3.8) is 0 Å². The summed E-state index contributed by atoms with van der Waals surface area (Å²) < 4.78 is 5.38. The first-order valence-corrected chi connectivity index (χ1v) is 5.63. The quantitative estimate of drug-likeness (QED) is 0.796. The van der Waals surface area contributed by atoms with Crippen LogP contribution in [0.2, 0.25) is 0 Å². The van der Waals surface area contributed by atoms with Crippen LogP contribution in [0.25, 0.3) is 11.1 Å². The second-order valence-electron chi connectivity index (χ2n) is 4.29. The van der Waals surface area contributed by atoms with Crippen molar-refractivity contribution in [3.8, 4) is 16.9 Å². The summed E-state index contributed by atoms with van der Waals surface area (Å²) in [7, 11) is 1.68. The van der Waals surface area contributed by atoms with Crippen LogP contribution in [0.4, 0.5) is 5.69 Å². The molecule has 0 saturated heterocycles. The first kappa shape index (κ1) is 11.5. The molecule has 0 atom stereocenters. The average Bonchev–Trinajstić information content (AvgIpc) is 2.29. The minimum Gasteiger partial charge on any atom is -0.496 e. The first-order valence-electron chi connectivity index (χ1n) is 5.63. The molecule has 0 bridgehead atoms. The van der Waals surface area contributed by atoms with Crippen molar-refractivity contribution in [2.75, 3.05) is 12.8 Å². The van der Waals surface area contributed by atoms with Crippen molar-refractivity contribution in [1.29, 1.82) is 0 Å². The average molecular weight is 227 g/mol. The molecule has 0 unspecified atom stereocenters. The van der Waals surface area contributed by atoms with Crippen LogP contribution in [0.5, 0.6) is 5.75 Å². The smallest absolute Gasteiger partial charge is 0.126 e. The van der Waals surface area contributed by atoms with Crippen molar-refractivity contribution in [2.24, 2.45) is 0 Å². The minimum atomic E-state index is 0.786. The first-order chi connectivity index (χ1) is 8.11. The topological polar surface area (TPSA) is 35.2 Å². The molecular formula is C15H17NO. The van der Waals surface area contributed by atoms with Gasteiger partial charge in [0, 0.05) is 16.8 Å². The Morgan fingerprint density at radius 1 is 0.882 bits per heavy atom. The van der Waals surface area contributed by atoms with Crippen LogP contribution in [-0.4, -0.2) is 7.11 Å². The summed E-state index contributed by atoms with van der Waals surface area (Å²) >= 11 is 0. The normalized spacial score (nSPS) is 10.3. The van der Waals surface area contributed by atoms with Gasteiger partial charge in [-0.25, -0.2) is 0 Å². The molecule has 0 aliphatic rings. The maximum atomic E-state index is 6.07. The Bertz CT molecular complexity index is 547. The van der Waals surface area contributed by atoms with Crippen molar-refractivity contribution in [2.45, 2.75) is 13.8 Å². The van der Waals surface area contributed by atoms with Gasteiger partial charge in [-0.1, -0.05) is 23.8 Å². The number of rotatable bonds is 2. The van der Waals surface area contributed by atoms with Gasteiger partial charge in [-0.2, -0.15) is 0 Å². The van der Waals surface area contributed by atoms with Crippen LogP contribution in [0, 0.1) is 13.8 Å². The zero-order valence-electron chi connectivity index (χ0n) is 10.4. The SMILES string of the molecule is COc1ccc(C)cc1-c1ccc(C)cc1N. The van der Waals surface area contributed by atoms with Crippen LogP contribution in [-0.2, 0) is 0 Å². The number of nitrogens with two attached hydrogens (primary N) is 1. The van der Waals surface area contributed by atoms with E-state index in [4.69, 9.17) is 10.5 Å². The number of methoxy groups -OCH3 is 1. The number of aryl methyl sites for hydroxylation is 2. The van der Waals surface area contributed by atoms with Crippen LogP contribution >= 0.6 is 0 Å². The highest BCUT2D eigenvalue weighted by atomic mass is 16.5. The lowest BCUT2D eigenvalue weighted by Gasteiger charge is -2.12. The lowest BCUT2D eigenvalue weighted by atomic mass is 9.99. The Morgan fingerprint density at radius 2 is 1.53 bits per heavy atom. The van der Waals surface area contributed by atoms with Gasteiger partial charge < -0.3 is 10.5 Å². The summed E-state index contributed by atoms with van der Waals surface area (Å²) in [5.74, 6) is 0.853. The number of anilines is 1. The fourth-order valence-electron chi connectivity index (χ4n) is 1.96. The molecule has 2 nitrogen and oxygen atoms in total. The number of benzene rings is 2. The van der Waals surface area contributed by atoms with E-state index >= 15 is 0 Å². The number of ether oxygens (including phenoxy) is 1. The van der Waals surface area contributed by atoms with E-state index in [1.807, 2.05) is 31.2 Å². The summed E-state index contributed by atoms with van der Waals surface area (Å²) in [5, 5.41) is 0. The van der Waals surface area contributed by atoms with E-state index in [0.29, 0.717) is 0 Å². The molecule has 2 heteroatoms. The Labute approximate surface area is 102 Å². The Morgan fingerprint density at radius 3 is 2.18 bits per heavy atom. The third-order valence-corrected chi connectivity index (χ3v) is 2.85. The molecule has 2 rings (SSSR count). The largest absolute Gasteiger partial charge is 0.496 e. The van der Waals surface area contributed by atoms with E-state index in [0.717, 1.165) is 28.1 Å². The molecule has 0 spiro atoms. The molecular weight excluding hydrogens is 210 g/mol. The summed E-state index contributed by atoms with van der Waals surface area (Å²) in [6, 6.07) is 12.2. The Balaban J connectivity index is 2.62. The van der Waals surface area contributed by atoms with Crippen LogP contribution < -0.4 is 10.5 Å². The van der Waals surface area contributed by atoms with E-state index in [9.17, 15) is 0 Å². The minimum absolute atomic E-state index is 0.786. The third-order valence-electron chi connectivity index (χ3n) is 2.85. The van der Waals surface area contributed by atoms with Crippen molar-refractivity contribution in [1.82, 2.24) is 0 Å². The highest BCUT2D eigenvalue weighted by Crippen LogP contribution is 2.34. The molecule has 0 fully saturated rings. The predicted molar refractivity (Wildman–Crippen MR) is 72.3 cm³/mol. The molecule has 0 saturated carbocycles. The van der Waals surface area contributed by atoms with Gasteiger partial charge in [-0.15, -0.1) is 0 Å². The van der Waals surface area contributed by atoms with Crippen molar-refractivity contribution in [3.05, 3.63) is 47.5 Å². The van der Waals surface area contributed by atoms with E-state index < -0.39 is 0 Å². The standard InChI is InChI=1S/C15H17NO/c1-10-5-7-15(17-3)13(8-10)12-6-4-11(2)9-14(12)16/h4-9H,16H2,1-3H3. The monoisotopic (exact) mass is 227 g/mol. The van der Waals surface area contributed by atoms with E-state index in [-0.39, 0.29) is 0 Å². The molecule has 0 aliphatic heterocycles. The fraction of sp³-hybridized carbons (Fsp3) is 0.200. The van der Waals surface area contributed by atoms with Crippen molar-refractivity contribution >= 4 is 5.69 Å². The number of hydrogen-bond acceptors (Lipinski definition) is 2. The van der Waals surface area contributed by atoms with Gasteiger partial charge >= 0.3 is 0 Å². The van der Waals surface area contributed by atoms with Gasteiger partial charge in [-0.05, 0) is 37.6 Å². The van der Waals surface area contributed by atoms with E-state index in [1.165, 1.54) is 5.56 Å². The second kappa shape index (κ2) is 4.50. The second-order valence-corrected chi connectivity index (χ2v) is 4.29. The summed E-state index contributed by atoms with van der Waals surface area (Å²) in [6.45, 7) is 4.10. The summed E-state index contributed by atoms with van der Waals surface area (Å²) in [5.41, 5.74) is 11.3. The zero-order chi connectivity index (χ0) is 12.4. The van der Waals surface area contributed by atoms with Crippen LogP contribution in [0.15, 0.2) is 36.4 Å². The van der Waals surface area contributed by atoms with Gasteiger partial charge in [0.15, 0.2) is 0 Å². The zero-order valence-corrected chi connectivity index (χ0v) is 10.4. The van der Waals surface area contributed by atoms with Gasteiger partial charge in [0.1, 0.15) is 5.75 Å². The maximum Gasteiger partial charge on any atom is 0.126 e. The van der Waals surface area contributed by atoms with Gasteiger partial charge in [0.2, 0.25) is 0 Å². The third kappa shape index (κ3) is 2.26. The Kier molecular flexibility index (Phi) is 3.05. The van der Waals surface area contributed by atoms with E-state index in [1.54, 1.807) is 7.11 Å². The predicted octanol–water partition coefficient (Wildman–Crippen LogP) is 3.56. The molecule has 0 aromatic heterocycles. The Hall–Kier alpha value is -1.96. The van der Waals surface area contributed by atoms with Crippen LogP contribution in [0.1, 0.15) is 11.1 Å². The molecule has 2 N–H and O–H groups in total. The lowest BCUT2D eigenvalue weighted by Crippen LogP contribution is -1.94. The highest BCUT2D eigenvalue weighted by molar-refractivity contribution is 5.81. The van der Waals surface area contributed by atoms with Crippen molar-refractivity contribution < 1.29 is 4.74 Å². The number of hydrogen-bond donors (Lipinski definition) is 1. The maximum absolute atomic E-state index is 6.07. The van der Waals surface area contributed by atoms with Crippen LogP contribution in [0.3, 0.4) is 0 Å². The fourth-order valence-corrected chi connectivity index (χ4v) is 1.96. The van der Waals surface area contributed by atoms with Gasteiger partial charge in [0.25, 0.3) is 0 Å². The lowest BCUT2D eigenvalue weighted by molar-refractivity contribution is 0.416. The molecule has 2 aromatic carbocycles. The number of nitrogen functional groups attached to an aromatic ring is 1. The summed E-state index contributed by atoms with van der Waals surface area (Å²) in [4.78, 5) is 0.